The smallest absolute Gasteiger partial charge is 0.0826 e. The van der Waals surface area contributed by atoms with Crippen LogP contribution in [0.1, 0.15) is 39.5 Å². The lowest BCUT2D eigenvalue weighted by Crippen LogP contribution is -2.49. The van der Waals surface area contributed by atoms with Crippen molar-refractivity contribution in [3.05, 3.63) is 0 Å². The first-order valence-corrected chi connectivity index (χ1v) is 8.43. The molecule has 20 heavy (non-hydrogen) atoms. The third-order valence-corrected chi connectivity index (χ3v) is 4.86. The highest BCUT2D eigenvalue weighted by Crippen LogP contribution is 2.21. The Morgan fingerprint density at radius 2 is 2.05 bits per heavy atom. The normalized spacial score (nSPS) is 25.9. The van der Waals surface area contributed by atoms with Crippen LogP contribution in [0.2, 0.25) is 0 Å². The van der Waals surface area contributed by atoms with Crippen LogP contribution >= 0.6 is 0 Å². The van der Waals surface area contributed by atoms with Gasteiger partial charge in [0.25, 0.3) is 0 Å². The number of hydrogen-bond acceptors (Lipinski definition) is 4. The quantitative estimate of drug-likeness (QED) is 0.718. The minimum absolute atomic E-state index is 0.364. The van der Waals surface area contributed by atoms with E-state index in [1.165, 1.54) is 25.7 Å². The van der Waals surface area contributed by atoms with E-state index in [1.807, 2.05) is 0 Å². The number of rotatable bonds is 7. The third kappa shape index (κ3) is 4.99. The summed E-state index contributed by atoms with van der Waals surface area (Å²) in [7, 11) is 2.27. The standard InChI is InChI=1S/C16H33N3O/c1-14(2)19-10-11-20-16(13-19)12-17-8-9-18(3)15-6-4-5-7-15/h14-17H,4-13H2,1-3H3. The van der Waals surface area contributed by atoms with Gasteiger partial charge in [-0.1, -0.05) is 12.8 Å². The van der Waals surface area contributed by atoms with Crippen molar-refractivity contribution in [2.75, 3.05) is 46.4 Å². The van der Waals surface area contributed by atoms with Crippen LogP contribution in [0.3, 0.4) is 0 Å². The molecule has 1 saturated carbocycles. The molecule has 2 rings (SSSR count). The maximum atomic E-state index is 5.85. The lowest BCUT2D eigenvalue weighted by molar-refractivity contribution is -0.0372. The van der Waals surface area contributed by atoms with Gasteiger partial charge >= 0.3 is 0 Å². The van der Waals surface area contributed by atoms with E-state index in [1.54, 1.807) is 0 Å². The van der Waals surface area contributed by atoms with Gasteiger partial charge in [-0.2, -0.15) is 0 Å². The Bertz CT molecular complexity index is 266. The highest BCUT2D eigenvalue weighted by Gasteiger charge is 2.22. The molecule has 0 amide bonds. The molecule has 1 N–H and O–H groups in total. The first-order valence-electron chi connectivity index (χ1n) is 8.43. The Hall–Kier alpha value is -0.160. The Morgan fingerprint density at radius 3 is 2.75 bits per heavy atom. The summed E-state index contributed by atoms with van der Waals surface area (Å²) in [5.41, 5.74) is 0. The second kappa shape index (κ2) is 8.32. The lowest BCUT2D eigenvalue weighted by atomic mass is 10.2. The topological polar surface area (TPSA) is 27.7 Å². The van der Waals surface area contributed by atoms with Crippen LogP contribution < -0.4 is 5.32 Å². The molecule has 1 aliphatic carbocycles. The molecule has 4 heteroatoms. The Kier molecular flexibility index (Phi) is 6.75. The van der Waals surface area contributed by atoms with Gasteiger partial charge in [0.15, 0.2) is 0 Å². The fraction of sp³-hybridized carbons (Fsp3) is 1.00. The molecular formula is C16H33N3O. The minimum Gasteiger partial charge on any atom is -0.374 e. The first kappa shape index (κ1) is 16.2. The van der Waals surface area contributed by atoms with E-state index in [4.69, 9.17) is 4.74 Å². The predicted molar refractivity (Wildman–Crippen MR) is 84.2 cm³/mol. The van der Waals surface area contributed by atoms with Crippen molar-refractivity contribution >= 4 is 0 Å². The molecule has 0 spiro atoms. The second-order valence-electron chi connectivity index (χ2n) is 6.70. The van der Waals surface area contributed by atoms with Crippen LogP contribution in [-0.2, 0) is 4.74 Å². The van der Waals surface area contributed by atoms with Crippen LogP contribution in [-0.4, -0.2) is 74.4 Å². The van der Waals surface area contributed by atoms with Gasteiger partial charge in [-0.25, -0.2) is 0 Å². The number of hydrogen-bond donors (Lipinski definition) is 1. The van der Waals surface area contributed by atoms with Crippen molar-refractivity contribution in [2.24, 2.45) is 0 Å². The fourth-order valence-electron chi connectivity index (χ4n) is 3.38. The molecule has 0 aromatic rings. The Labute approximate surface area is 124 Å². The molecule has 2 aliphatic rings. The van der Waals surface area contributed by atoms with Crippen molar-refractivity contribution < 1.29 is 4.74 Å². The number of ether oxygens (including phenoxy) is 1. The Morgan fingerprint density at radius 1 is 1.30 bits per heavy atom. The number of nitrogens with zero attached hydrogens (tertiary/aromatic N) is 2. The van der Waals surface area contributed by atoms with Crippen LogP contribution in [0.5, 0.6) is 0 Å². The largest absolute Gasteiger partial charge is 0.374 e. The average Bonchev–Trinajstić information content (AvgIpc) is 2.98. The molecule has 2 fully saturated rings. The summed E-state index contributed by atoms with van der Waals surface area (Å²) in [5, 5.41) is 3.58. The summed E-state index contributed by atoms with van der Waals surface area (Å²) in [6.45, 7) is 10.8. The van der Waals surface area contributed by atoms with Gasteiger partial charge in [-0.05, 0) is 33.7 Å². The summed E-state index contributed by atoms with van der Waals surface area (Å²) in [4.78, 5) is 5.04. The van der Waals surface area contributed by atoms with Crippen LogP contribution in [0.4, 0.5) is 0 Å². The maximum absolute atomic E-state index is 5.85. The first-order chi connectivity index (χ1) is 9.66. The molecule has 0 aromatic heterocycles. The number of nitrogens with one attached hydrogen (secondary N) is 1. The van der Waals surface area contributed by atoms with Crippen molar-refractivity contribution in [3.8, 4) is 0 Å². The molecule has 1 unspecified atom stereocenters. The number of morpholine rings is 1. The molecule has 4 nitrogen and oxygen atoms in total. The zero-order valence-corrected chi connectivity index (χ0v) is 13.6. The van der Waals surface area contributed by atoms with Gasteiger partial charge in [-0.3, -0.25) is 4.90 Å². The molecule has 1 aliphatic heterocycles. The molecular weight excluding hydrogens is 250 g/mol. The van der Waals surface area contributed by atoms with Crippen molar-refractivity contribution in [2.45, 2.75) is 57.7 Å². The lowest BCUT2D eigenvalue weighted by Gasteiger charge is -2.35. The average molecular weight is 283 g/mol. The molecule has 1 heterocycles. The zero-order chi connectivity index (χ0) is 14.4. The van der Waals surface area contributed by atoms with E-state index in [2.05, 4.69) is 36.0 Å². The van der Waals surface area contributed by atoms with Crippen molar-refractivity contribution in [3.63, 3.8) is 0 Å². The van der Waals surface area contributed by atoms with Gasteiger partial charge in [-0.15, -0.1) is 0 Å². The van der Waals surface area contributed by atoms with Crippen LogP contribution in [0.15, 0.2) is 0 Å². The molecule has 0 aromatic carbocycles. The fourth-order valence-corrected chi connectivity index (χ4v) is 3.38. The summed E-state index contributed by atoms with van der Waals surface area (Å²) in [6.07, 6.45) is 5.99. The highest BCUT2D eigenvalue weighted by molar-refractivity contribution is 4.77. The van der Waals surface area contributed by atoms with Gasteiger partial charge in [0.1, 0.15) is 0 Å². The van der Waals surface area contributed by atoms with Gasteiger partial charge in [0.05, 0.1) is 12.7 Å². The SMILES string of the molecule is CC(C)N1CCOC(CNCCN(C)C2CCCC2)C1. The van der Waals surface area contributed by atoms with E-state index in [9.17, 15) is 0 Å². The number of likely N-dealkylation sites (N-methyl/N-ethyl adjacent to an activating group) is 1. The summed E-state index contributed by atoms with van der Waals surface area (Å²) < 4.78 is 5.85. The molecule has 1 saturated heterocycles. The highest BCUT2D eigenvalue weighted by atomic mass is 16.5. The summed E-state index contributed by atoms with van der Waals surface area (Å²) in [6, 6.07) is 1.47. The van der Waals surface area contributed by atoms with Crippen LogP contribution in [0, 0.1) is 0 Å². The molecule has 0 radical (unpaired) electrons. The van der Waals surface area contributed by atoms with E-state index < -0.39 is 0 Å². The second-order valence-corrected chi connectivity index (χ2v) is 6.70. The summed E-state index contributed by atoms with van der Waals surface area (Å²) >= 11 is 0. The monoisotopic (exact) mass is 283 g/mol. The zero-order valence-electron chi connectivity index (χ0n) is 13.6. The summed E-state index contributed by atoms with van der Waals surface area (Å²) in [5.74, 6) is 0. The van der Waals surface area contributed by atoms with E-state index in [0.29, 0.717) is 12.1 Å². The van der Waals surface area contributed by atoms with Crippen LogP contribution in [0.25, 0.3) is 0 Å². The minimum atomic E-state index is 0.364. The van der Waals surface area contributed by atoms with Gasteiger partial charge < -0.3 is 15.0 Å². The molecule has 0 bridgehead atoms. The molecule has 1 atom stereocenters. The van der Waals surface area contributed by atoms with Gasteiger partial charge in [0.2, 0.25) is 0 Å². The molecule has 118 valence electrons. The van der Waals surface area contributed by atoms with Crippen molar-refractivity contribution in [1.29, 1.82) is 0 Å². The van der Waals surface area contributed by atoms with Crippen molar-refractivity contribution in [1.82, 2.24) is 15.1 Å². The third-order valence-electron chi connectivity index (χ3n) is 4.86. The predicted octanol–water partition coefficient (Wildman–Crippen LogP) is 1.56. The van der Waals surface area contributed by atoms with E-state index in [0.717, 1.165) is 45.4 Å². The van der Waals surface area contributed by atoms with Gasteiger partial charge in [0, 0.05) is 44.8 Å². The Balaban J connectivity index is 1.56. The van der Waals surface area contributed by atoms with E-state index in [-0.39, 0.29) is 0 Å². The van der Waals surface area contributed by atoms with E-state index >= 15 is 0 Å². The maximum Gasteiger partial charge on any atom is 0.0826 e.